The molecule has 0 saturated carbocycles. The number of rotatable bonds is 6. The van der Waals surface area contributed by atoms with Gasteiger partial charge in [0, 0.05) is 12.3 Å². The number of anilines is 1. The van der Waals surface area contributed by atoms with Crippen LogP contribution >= 0.6 is 0 Å². The number of aromatic nitrogens is 2. The number of fused-ring (bicyclic) bond motifs is 1. The predicted molar refractivity (Wildman–Crippen MR) is 108 cm³/mol. The number of H-pyrrole nitrogens is 1. The lowest BCUT2D eigenvalue weighted by Crippen LogP contribution is -2.05. The Morgan fingerprint density at radius 1 is 1.14 bits per heavy atom. The van der Waals surface area contributed by atoms with E-state index < -0.39 is 11.6 Å². The molecule has 0 atom stereocenters. The van der Waals surface area contributed by atoms with Crippen molar-refractivity contribution < 1.29 is 18.7 Å². The summed E-state index contributed by atoms with van der Waals surface area (Å²) >= 11 is 0. The molecule has 0 radical (unpaired) electrons. The molecular formula is C22H18FN3O3. The van der Waals surface area contributed by atoms with Gasteiger partial charge in [-0.15, -0.1) is 0 Å². The Hall–Kier alpha value is -3.87. The number of pyridine rings is 1. The monoisotopic (exact) mass is 391 g/mol. The molecule has 0 bridgehead atoms. The van der Waals surface area contributed by atoms with Crippen molar-refractivity contribution in [2.75, 3.05) is 12.3 Å². The van der Waals surface area contributed by atoms with Crippen LogP contribution in [0.3, 0.4) is 0 Å². The van der Waals surface area contributed by atoms with Crippen LogP contribution in [0.4, 0.5) is 10.1 Å². The Bertz CT molecular complexity index is 1190. The summed E-state index contributed by atoms with van der Waals surface area (Å²) in [5.41, 5.74) is 7.01. The van der Waals surface area contributed by atoms with Gasteiger partial charge in [0.25, 0.3) is 0 Å². The van der Waals surface area contributed by atoms with E-state index in [2.05, 4.69) is 9.97 Å². The van der Waals surface area contributed by atoms with Crippen molar-refractivity contribution in [2.45, 2.75) is 6.92 Å². The van der Waals surface area contributed by atoms with E-state index in [-0.39, 0.29) is 16.8 Å². The highest BCUT2D eigenvalue weighted by Gasteiger charge is 2.22. The Morgan fingerprint density at radius 2 is 1.93 bits per heavy atom. The Balaban J connectivity index is 1.69. The first-order chi connectivity index (χ1) is 14.1. The molecule has 0 aliphatic rings. The smallest absolute Gasteiger partial charge is 0.198 e. The number of nitrogens with zero attached hydrogens (tertiary/aromatic N) is 1. The van der Waals surface area contributed by atoms with Gasteiger partial charge in [0.2, 0.25) is 0 Å². The van der Waals surface area contributed by atoms with Gasteiger partial charge in [0.05, 0.1) is 35.0 Å². The minimum Gasteiger partial charge on any atom is -0.490 e. The van der Waals surface area contributed by atoms with Gasteiger partial charge in [-0.3, -0.25) is 4.79 Å². The van der Waals surface area contributed by atoms with Gasteiger partial charge >= 0.3 is 0 Å². The van der Waals surface area contributed by atoms with Gasteiger partial charge in [0.15, 0.2) is 11.5 Å². The van der Waals surface area contributed by atoms with Gasteiger partial charge in [-0.2, -0.15) is 0 Å². The quantitative estimate of drug-likeness (QED) is 0.465. The number of nitrogens with two attached hydrogens (primary N) is 1. The number of ketones is 1. The van der Waals surface area contributed by atoms with Gasteiger partial charge in [-0.25, -0.2) is 9.37 Å². The fraction of sp³-hybridized carbons (Fsp3) is 0.0909. The molecule has 0 spiro atoms. The fourth-order valence-corrected chi connectivity index (χ4v) is 3.07. The van der Waals surface area contributed by atoms with E-state index in [4.69, 9.17) is 15.2 Å². The summed E-state index contributed by atoms with van der Waals surface area (Å²) in [5.74, 6) is 0.0436. The second-order valence-corrected chi connectivity index (χ2v) is 6.28. The maximum Gasteiger partial charge on any atom is 0.198 e. The third-order valence-electron chi connectivity index (χ3n) is 4.41. The molecule has 29 heavy (non-hydrogen) atoms. The van der Waals surface area contributed by atoms with E-state index in [1.54, 1.807) is 18.2 Å². The molecule has 0 amide bonds. The molecule has 0 aliphatic heterocycles. The lowest BCUT2D eigenvalue weighted by molar-refractivity contribution is 0.103. The van der Waals surface area contributed by atoms with Gasteiger partial charge in [-0.05, 0) is 31.2 Å². The molecule has 0 saturated heterocycles. The van der Waals surface area contributed by atoms with Crippen LogP contribution in [0, 0.1) is 5.82 Å². The van der Waals surface area contributed by atoms with E-state index in [0.717, 1.165) is 0 Å². The Labute approximate surface area is 166 Å². The molecule has 0 fully saturated rings. The summed E-state index contributed by atoms with van der Waals surface area (Å²) in [5, 5.41) is 0.407. The van der Waals surface area contributed by atoms with Crippen LogP contribution in [-0.4, -0.2) is 22.4 Å². The first-order valence-corrected chi connectivity index (χ1v) is 9.04. The minimum absolute atomic E-state index is 0.0903. The molecule has 0 unspecified atom stereocenters. The molecule has 2 heterocycles. The number of carbonyl (C=O) groups excluding carboxylic acids is 1. The molecule has 0 aliphatic carbocycles. The van der Waals surface area contributed by atoms with Crippen LogP contribution in [0.2, 0.25) is 0 Å². The van der Waals surface area contributed by atoms with E-state index in [1.165, 1.54) is 24.5 Å². The average Bonchev–Trinajstić information content (AvgIpc) is 3.16. The van der Waals surface area contributed by atoms with Crippen molar-refractivity contribution in [1.82, 2.24) is 9.97 Å². The number of benzene rings is 2. The summed E-state index contributed by atoms with van der Waals surface area (Å²) in [6.07, 6.45) is 2.96. The lowest BCUT2D eigenvalue weighted by atomic mass is 10.0. The number of ether oxygens (including phenoxy) is 2. The molecule has 7 heteroatoms. The predicted octanol–water partition coefficient (Wildman–Crippen LogP) is 4.71. The van der Waals surface area contributed by atoms with Crippen molar-refractivity contribution in [1.29, 1.82) is 0 Å². The second kappa shape index (κ2) is 7.63. The van der Waals surface area contributed by atoms with E-state index in [1.807, 2.05) is 25.1 Å². The van der Waals surface area contributed by atoms with Crippen molar-refractivity contribution in [3.05, 3.63) is 77.9 Å². The fourth-order valence-electron chi connectivity index (χ4n) is 3.07. The molecule has 3 N–H and O–H groups in total. The average molecular weight is 391 g/mol. The van der Waals surface area contributed by atoms with E-state index >= 15 is 0 Å². The first-order valence-electron chi connectivity index (χ1n) is 9.04. The molecule has 6 nitrogen and oxygen atoms in total. The minimum atomic E-state index is -0.690. The van der Waals surface area contributed by atoms with Crippen LogP contribution in [0.25, 0.3) is 11.0 Å². The second-order valence-electron chi connectivity index (χ2n) is 6.28. The van der Waals surface area contributed by atoms with Gasteiger partial charge < -0.3 is 20.2 Å². The zero-order valence-corrected chi connectivity index (χ0v) is 15.6. The van der Waals surface area contributed by atoms with E-state index in [0.29, 0.717) is 34.9 Å². The number of carbonyl (C=O) groups is 1. The highest BCUT2D eigenvalue weighted by Crippen LogP contribution is 2.33. The number of halogens is 1. The number of hydrogen-bond donors (Lipinski definition) is 2. The number of hydrogen-bond acceptors (Lipinski definition) is 5. The largest absolute Gasteiger partial charge is 0.490 e. The molecular weight excluding hydrogens is 373 g/mol. The third-order valence-corrected chi connectivity index (χ3v) is 4.41. The molecule has 2 aromatic heterocycles. The van der Waals surface area contributed by atoms with E-state index in [9.17, 15) is 9.18 Å². The van der Waals surface area contributed by atoms with Crippen LogP contribution in [0.1, 0.15) is 22.8 Å². The normalized spacial score (nSPS) is 10.8. The Morgan fingerprint density at radius 3 is 2.66 bits per heavy atom. The van der Waals surface area contributed by atoms with Crippen molar-refractivity contribution in [3.8, 4) is 17.2 Å². The summed E-state index contributed by atoms with van der Waals surface area (Å²) in [6.45, 7) is 2.23. The van der Waals surface area contributed by atoms with Gasteiger partial charge in [0.1, 0.15) is 23.0 Å². The number of nitrogen functional groups attached to an aromatic ring is 1. The first kappa shape index (κ1) is 18.5. The zero-order chi connectivity index (χ0) is 20.4. The number of aromatic amines is 1. The third kappa shape index (κ3) is 3.50. The summed E-state index contributed by atoms with van der Waals surface area (Å²) < 4.78 is 25.8. The highest BCUT2D eigenvalue weighted by molar-refractivity contribution is 6.18. The topological polar surface area (TPSA) is 90.2 Å². The van der Waals surface area contributed by atoms with Crippen molar-refractivity contribution >= 4 is 22.5 Å². The van der Waals surface area contributed by atoms with Crippen LogP contribution in [0.5, 0.6) is 17.2 Å². The lowest BCUT2D eigenvalue weighted by Gasteiger charge is -2.09. The van der Waals surface area contributed by atoms with Crippen LogP contribution < -0.4 is 15.2 Å². The zero-order valence-electron chi connectivity index (χ0n) is 15.6. The summed E-state index contributed by atoms with van der Waals surface area (Å²) in [4.78, 5) is 20.1. The summed E-state index contributed by atoms with van der Waals surface area (Å²) in [6, 6.07) is 13.1. The molecule has 4 aromatic rings. The SMILES string of the molecule is CCOc1cnc2[nH]cc(C(=O)c3ccc(Oc4ccccc4)cc3F)c2c1N. The van der Waals surface area contributed by atoms with Crippen molar-refractivity contribution in [2.24, 2.45) is 0 Å². The van der Waals surface area contributed by atoms with Crippen LogP contribution in [-0.2, 0) is 0 Å². The standard InChI is InChI=1S/C22H18FN3O3/c1-2-28-18-12-26-22-19(20(18)24)16(11-25-22)21(27)15-9-8-14(10-17(15)23)29-13-6-4-3-5-7-13/h3-12H,2H2,1H3,(H3,24,25,26). The maximum absolute atomic E-state index is 14.7. The van der Waals surface area contributed by atoms with Crippen molar-refractivity contribution in [3.63, 3.8) is 0 Å². The van der Waals surface area contributed by atoms with Gasteiger partial charge in [-0.1, -0.05) is 18.2 Å². The molecule has 146 valence electrons. The number of para-hydroxylation sites is 1. The summed E-state index contributed by atoms with van der Waals surface area (Å²) in [7, 11) is 0. The van der Waals surface area contributed by atoms with Crippen LogP contribution in [0.15, 0.2) is 60.9 Å². The Kier molecular flexibility index (Phi) is 4.87. The molecule has 4 rings (SSSR count). The highest BCUT2D eigenvalue weighted by atomic mass is 19.1. The molecule has 2 aromatic carbocycles. The maximum atomic E-state index is 14.7. The number of nitrogens with one attached hydrogen (secondary N) is 1.